The maximum Gasteiger partial charge on any atom is 0.121 e. The standard InChI is InChI=1S/C21H20N4/c1-5-16(12-22-3)17-7-6-8-18(11-17)21-10-9-20(15(2)24-21)19-13-23-25(4)14-19/h5-8,11-14H,1-4H3/b16-5+,22-12?. The fourth-order valence-corrected chi connectivity index (χ4v) is 2.73. The predicted octanol–water partition coefficient (Wildman–Crippen LogP) is 4.16. The normalized spacial score (nSPS) is 11.8. The van der Waals surface area contributed by atoms with E-state index in [0.29, 0.717) is 0 Å². The third kappa shape index (κ3) is 3.51. The summed E-state index contributed by atoms with van der Waals surface area (Å²) in [5, 5.41) is 4.21. The zero-order valence-corrected chi connectivity index (χ0v) is 14.9. The number of aliphatic imine (C=N–C) groups is 1. The van der Waals surface area contributed by atoms with E-state index in [4.69, 9.17) is 4.98 Å². The van der Waals surface area contributed by atoms with Gasteiger partial charge in [0.2, 0.25) is 0 Å². The Kier molecular flexibility index (Phi) is 4.76. The molecule has 0 fully saturated rings. The first-order chi connectivity index (χ1) is 12.1. The number of aromatic nitrogens is 3. The molecule has 0 saturated carbocycles. The summed E-state index contributed by atoms with van der Waals surface area (Å²) in [6.07, 6.45) is 7.68. The van der Waals surface area contributed by atoms with Crippen molar-refractivity contribution in [1.82, 2.24) is 14.8 Å². The Morgan fingerprint density at radius 1 is 1.24 bits per heavy atom. The largest absolute Gasteiger partial charge is 0.296 e. The molecule has 25 heavy (non-hydrogen) atoms. The molecule has 0 saturated heterocycles. The van der Waals surface area contributed by atoms with E-state index in [-0.39, 0.29) is 0 Å². The zero-order chi connectivity index (χ0) is 17.8. The molecule has 4 nitrogen and oxygen atoms in total. The third-order valence-electron chi connectivity index (χ3n) is 3.99. The molecule has 4 heteroatoms. The molecular formula is C21H20N4. The van der Waals surface area contributed by atoms with Gasteiger partial charge < -0.3 is 0 Å². The second-order valence-corrected chi connectivity index (χ2v) is 5.79. The lowest BCUT2D eigenvalue weighted by atomic mass is 10.0. The lowest BCUT2D eigenvalue weighted by Crippen LogP contribution is -1.91. The van der Waals surface area contributed by atoms with Gasteiger partial charge in [-0.2, -0.15) is 5.10 Å². The molecule has 0 aliphatic carbocycles. The molecular weight excluding hydrogens is 308 g/mol. The first-order valence-corrected chi connectivity index (χ1v) is 8.12. The first kappa shape index (κ1) is 16.7. The van der Waals surface area contributed by atoms with Crippen LogP contribution in [0.15, 0.2) is 47.7 Å². The van der Waals surface area contributed by atoms with Crippen LogP contribution in [-0.2, 0) is 7.05 Å². The first-order valence-electron chi connectivity index (χ1n) is 8.12. The second kappa shape index (κ2) is 7.14. The van der Waals surface area contributed by atoms with Crippen molar-refractivity contribution in [2.24, 2.45) is 12.0 Å². The number of nitrogens with zero attached hydrogens (tertiary/aromatic N) is 4. The van der Waals surface area contributed by atoms with Gasteiger partial charge in [0.15, 0.2) is 0 Å². The van der Waals surface area contributed by atoms with E-state index < -0.39 is 0 Å². The molecule has 0 bridgehead atoms. The Balaban J connectivity index is 1.99. The molecule has 3 aromatic rings. The van der Waals surface area contributed by atoms with E-state index in [2.05, 4.69) is 34.4 Å². The quantitative estimate of drug-likeness (QED) is 0.675. The molecule has 0 spiro atoms. The van der Waals surface area contributed by atoms with Crippen molar-refractivity contribution < 1.29 is 0 Å². The van der Waals surface area contributed by atoms with Crippen LogP contribution in [0.1, 0.15) is 18.2 Å². The molecule has 0 aliphatic rings. The molecule has 1 aromatic carbocycles. The maximum absolute atomic E-state index is 4.72. The molecule has 0 amide bonds. The SMILES string of the molecule is C/C=C(\C=NC)c1cccc(-c2c#cc(-c3cnn(C)c3)c(C)n2)c1. The minimum Gasteiger partial charge on any atom is -0.296 e. The highest BCUT2D eigenvalue weighted by molar-refractivity contribution is 6.09. The second-order valence-electron chi connectivity index (χ2n) is 5.79. The number of hydrogen-bond acceptors (Lipinski definition) is 3. The van der Waals surface area contributed by atoms with Crippen molar-refractivity contribution in [3.63, 3.8) is 0 Å². The van der Waals surface area contributed by atoms with Crippen LogP contribution in [-0.4, -0.2) is 28.0 Å². The molecule has 0 N–H and O–H groups in total. The van der Waals surface area contributed by atoms with Crippen LogP contribution >= 0.6 is 0 Å². The van der Waals surface area contributed by atoms with Crippen molar-refractivity contribution in [1.29, 1.82) is 0 Å². The van der Waals surface area contributed by atoms with Crippen LogP contribution in [0.3, 0.4) is 0 Å². The minimum absolute atomic E-state index is 0.788. The van der Waals surface area contributed by atoms with E-state index >= 15 is 0 Å². The highest BCUT2D eigenvalue weighted by atomic mass is 15.2. The van der Waals surface area contributed by atoms with Gasteiger partial charge in [-0.25, -0.2) is 4.98 Å². The Morgan fingerprint density at radius 2 is 2.08 bits per heavy atom. The van der Waals surface area contributed by atoms with Gasteiger partial charge in [0.25, 0.3) is 0 Å². The smallest absolute Gasteiger partial charge is 0.121 e. The fraction of sp³-hybridized carbons (Fsp3) is 0.190. The minimum atomic E-state index is 0.788. The maximum atomic E-state index is 4.72. The summed E-state index contributed by atoms with van der Waals surface area (Å²) in [7, 11) is 3.67. The molecule has 0 atom stereocenters. The van der Waals surface area contributed by atoms with Crippen LogP contribution in [0.25, 0.3) is 28.0 Å². The van der Waals surface area contributed by atoms with Gasteiger partial charge in [-0.1, -0.05) is 30.3 Å². The Morgan fingerprint density at radius 3 is 2.72 bits per heavy atom. The topological polar surface area (TPSA) is 43.1 Å². The summed E-state index contributed by atoms with van der Waals surface area (Å²) in [6.45, 7) is 4.00. The predicted molar refractivity (Wildman–Crippen MR) is 102 cm³/mol. The molecule has 0 radical (unpaired) electrons. The van der Waals surface area contributed by atoms with E-state index in [9.17, 15) is 0 Å². The number of allylic oxidation sites excluding steroid dienone is 2. The van der Waals surface area contributed by atoms with Gasteiger partial charge in [0.1, 0.15) is 5.69 Å². The van der Waals surface area contributed by atoms with Crippen molar-refractivity contribution in [3.8, 4) is 22.4 Å². The number of benzene rings is 1. The molecule has 2 aromatic heterocycles. The van der Waals surface area contributed by atoms with Gasteiger partial charge in [-0.05, 0) is 37.1 Å². The van der Waals surface area contributed by atoms with Gasteiger partial charge in [0, 0.05) is 37.6 Å². The lowest BCUT2D eigenvalue weighted by Gasteiger charge is -2.06. The summed E-state index contributed by atoms with van der Waals surface area (Å²) < 4.78 is 1.77. The Labute approximate surface area is 148 Å². The molecule has 3 rings (SSSR count). The number of rotatable bonds is 4. The van der Waals surface area contributed by atoms with Crippen molar-refractivity contribution in [2.45, 2.75) is 13.8 Å². The number of hydrogen-bond donors (Lipinski definition) is 0. The van der Waals surface area contributed by atoms with Crippen molar-refractivity contribution in [2.75, 3.05) is 7.05 Å². The third-order valence-corrected chi connectivity index (χ3v) is 3.99. The molecule has 0 aliphatic heterocycles. The van der Waals surface area contributed by atoms with Crippen LogP contribution in [0.2, 0.25) is 0 Å². The average molecular weight is 328 g/mol. The summed E-state index contributed by atoms with van der Waals surface area (Å²) in [5.74, 6) is 0. The zero-order valence-electron chi connectivity index (χ0n) is 14.9. The fourth-order valence-electron chi connectivity index (χ4n) is 2.73. The summed E-state index contributed by atoms with van der Waals surface area (Å²) in [5.41, 5.74) is 6.83. The highest BCUT2D eigenvalue weighted by Crippen LogP contribution is 2.24. The lowest BCUT2D eigenvalue weighted by molar-refractivity contribution is 0.768. The van der Waals surface area contributed by atoms with Gasteiger partial charge in [0.05, 0.1) is 17.5 Å². The summed E-state index contributed by atoms with van der Waals surface area (Å²) in [6, 6.07) is 14.7. The van der Waals surface area contributed by atoms with Crippen LogP contribution in [0.4, 0.5) is 0 Å². The molecule has 0 unspecified atom stereocenters. The van der Waals surface area contributed by atoms with E-state index in [1.165, 1.54) is 0 Å². The summed E-state index contributed by atoms with van der Waals surface area (Å²) in [4.78, 5) is 8.84. The summed E-state index contributed by atoms with van der Waals surface area (Å²) >= 11 is 0. The van der Waals surface area contributed by atoms with Gasteiger partial charge >= 0.3 is 0 Å². The van der Waals surface area contributed by atoms with Crippen molar-refractivity contribution >= 4 is 11.8 Å². The van der Waals surface area contributed by atoms with Crippen LogP contribution < -0.4 is 0 Å². The highest BCUT2D eigenvalue weighted by Gasteiger charge is 2.08. The number of aryl methyl sites for hydroxylation is 2. The molecule has 124 valence electrons. The van der Waals surface area contributed by atoms with Crippen LogP contribution in [0.5, 0.6) is 0 Å². The molecule has 2 heterocycles. The van der Waals surface area contributed by atoms with Crippen LogP contribution in [0, 0.1) is 19.1 Å². The van der Waals surface area contributed by atoms with E-state index in [1.807, 2.05) is 57.7 Å². The van der Waals surface area contributed by atoms with E-state index in [1.54, 1.807) is 11.7 Å². The van der Waals surface area contributed by atoms with E-state index in [0.717, 1.165) is 39.2 Å². The van der Waals surface area contributed by atoms with Crippen molar-refractivity contribution in [3.05, 3.63) is 66.1 Å². The average Bonchev–Trinajstić information content (AvgIpc) is 3.05. The Bertz CT molecular complexity index is 948. The monoisotopic (exact) mass is 328 g/mol. The Hall–Kier alpha value is -3.19. The van der Waals surface area contributed by atoms with Gasteiger partial charge in [-0.3, -0.25) is 9.67 Å². The van der Waals surface area contributed by atoms with Gasteiger partial charge in [-0.15, -0.1) is 0 Å².